The lowest BCUT2D eigenvalue weighted by molar-refractivity contribution is -0.125. The van der Waals surface area contributed by atoms with Gasteiger partial charge in [0.05, 0.1) is 30.1 Å². The van der Waals surface area contributed by atoms with Crippen LogP contribution in [0.5, 0.6) is 11.5 Å². The van der Waals surface area contributed by atoms with Crippen LogP contribution in [0.25, 0.3) is 11.0 Å². The molecule has 0 bridgehead atoms. The quantitative estimate of drug-likeness (QED) is 0.252. The highest BCUT2D eigenvalue weighted by molar-refractivity contribution is 7.92. The number of carbonyl (C=O) groups excluding carboxylic acids is 1. The molecule has 4 aromatic rings. The standard InChI is InChI=1S/C26H25N5O6S/c1-36-18-12-17(13-19(15-18)37-2)27-23-24(30-22-9-4-3-8-21(22)29-23)31-38(34,35)20-7-5-6-16(14-20)28-25(32)26(33)10-11-26/h3-9,12-15,33H,10-11H2,1-2H3,(H,27,29)(H,28,32)(H,30,31). The minimum absolute atomic E-state index is 0.0350. The van der Waals surface area contributed by atoms with Gasteiger partial charge in [-0.3, -0.25) is 9.52 Å². The fourth-order valence-electron chi connectivity index (χ4n) is 3.69. The van der Waals surface area contributed by atoms with Crippen molar-refractivity contribution in [3.63, 3.8) is 0 Å². The average Bonchev–Trinajstić information content (AvgIpc) is 3.67. The predicted molar refractivity (Wildman–Crippen MR) is 142 cm³/mol. The zero-order chi connectivity index (χ0) is 26.9. The largest absolute Gasteiger partial charge is 0.497 e. The van der Waals surface area contributed by atoms with Crippen LogP contribution in [0, 0.1) is 0 Å². The van der Waals surface area contributed by atoms with Crippen LogP contribution in [0.15, 0.2) is 71.6 Å². The Kier molecular flexibility index (Phi) is 6.51. The van der Waals surface area contributed by atoms with Gasteiger partial charge in [-0.2, -0.15) is 0 Å². The summed E-state index contributed by atoms with van der Waals surface area (Å²) in [6, 6.07) is 17.9. The lowest BCUT2D eigenvalue weighted by Gasteiger charge is -2.15. The second-order valence-corrected chi connectivity index (χ2v) is 10.4. The number of hydrogen-bond acceptors (Lipinski definition) is 9. The maximum Gasteiger partial charge on any atom is 0.263 e. The van der Waals surface area contributed by atoms with Crippen LogP contribution in [-0.2, 0) is 14.8 Å². The van der Waals surface area contributed by atoms with Gasteiger partial charge in [0, 0.05) is 29.6 Å². The fraction of sp³-hybridized carbons (Fsp3) is 0.192. The van der Waals surface area contributed by atoms with Crippen molar-refractivity contribution in [1.82, 2.24) is 9.97 Å². The molecule has 0 atom stereocenters. The molecule has 1 heterocycles. The Bertz CT molecular complexity index is 1620. The molecule has 12 heteroatoms. The third kappa shape index (κ3) is 5.31. The number of fused-ring (bicyclic) bond motifs is 1. The zero-order valence-electron chi connectivity index (χ0n) is 20.6. The third-order valence-corrected chi connectivity index (χ3v) is 7.30. The van der Waals surface area contributed by atoms with Crippen molar-refractivity contribution in [2.24, 2.45) is 0 Å². The van der Waals surface area contributed by atoms with E-state index in [0.717, 1.165) is 0 Å². The van der Waals surface area contributed by atoms with Crippen molar-refractivity contribution in [3.8, 4) is 11.5 Å². The summed E-state index contributed by atoms with van der Waals surface area (Å²) in [5, 5.41) is 15.7. The number of nitrogens with zero attached hydrogens (tertiary/aromatic N) is 2. The first-order valence-corrected chi connectivity index (χ1v) is 13.1. The molecule has 0 aliphatic heterocycles. The molecule has 1 aliphatic rings. The number of aliphatic hydroxyl groups is 1. The van der Waals surface area contributed by atoms with E-state index in [2.05, 4.69) is 25.3 Å². The third-order valence-electron chi connectivity index (χ3n) is 5.96. The molecule has 1 amide bonds. The predicted octanol–water partition coefficient (Wildman–Crippen LogP) is 3.65. The Labute approximate surface area is 218 Å². The Morgan fingerprint density at radius 2 is 1.50 bits per heavy atom. The molecule has 0 unspecified atom stereocenters. The molecule has 0 radical (unpaired) electrons. The summed E-state index contributed by atoms with van der Waals surface area (Å²) in [4.78, 5) is 21.2. The topological polar surface area (TPSA) is 152 Å². The smallest absolute Gasteiger partial charge is 0.263 e. The number of rotatable bonds is 9. The summed E-state index contributed by atoms with van der Waals surface area (Å²) in [5.41, 5.74) is 0.420. The van der Waals surface area contributed by atoms with Gasteiger partial charge >= 0.3 is 0 Å². The summed E-state index contributed by atoms with van der Waals surface area (Å²) in [6.45, 7) is 0. The van der Waals surface area contributed by atoms with E-state index in [9.17, 15) is 18.3 Å². The summed E-state index contributed by atoms with van der Waals surface area (Å²) >= 11 is 0. The van der Waals surface area contributed by atoms with E-state index in [1.165, 1.54) is 32.4 Å². The number of aromatic nitrogens is 2. The summed E-state index contributed by atoms with van der Waals surface area (Å²) < 4.78 is 39.9. The van der Waals surface area contributed by atoms with Gasteiger partial charge in [0.25, 0.3) is 15.9 Å². The lowest BCUT2D eigenvalue weighted by atomic mass is 10.2. The molecule has 1 aliphatic carbocycles. The second-order valence-electron chi connectivity index (χ2n) is 8.75. The number of carbonyl (C=O) groups is 1. The number of hydrogen-bond donors (Lipinski definition) is 4. The van der Waals surface area contributed by atoms with E-state index >= 15 is 0 Å². The van der Waals surface area contributed by atoms with E-state index < -0.39 is 21.5 Å². The van der Waals surface area contributed by atoms with Crippen molar-refractivity contribution in [2.75, 3.05) is 29.6 Å². The molecule has 0 saturated heterocycles. The number of nitrogens with one attached hydrogen (secondary N) is 3. The first kappa shape index (κ1) is 25.2. The fourth-order valence-corrected chi connectivity index (χ4v) is 4.75. The van der Waals surface area contributed by atoms with Crippen LogP contribution >= 0.6 is 0 Å². The van der Waals surface area contributed by atoms with Gasteiger partial charge in [0.2, 0.25) is 0 Å². The average molecular weight is 536 g/mol. The highest BCUT2D eigenvalue weighted by atomic mass is 32.2. The lowest BCUT2D eigenvalue weighted by Crippen LogP contribution is -2.29. The van der Waals surface area contributed by atoms with Crippen LogP contribution in [0.4, 0.5) is 23.0 Å². The number of ether oxygens (including phenoxy) is 2. The van der Waals surface area contributed by atoms with Gasteiger partial charge < -0.3 is 25.2 Å². The molecule has 1 aromatic heterocycles. The highest BCUT2D eigenvalue weighted by Crippen LogP contribution is 2.36. The zero-order valence-corrected chi connectivity index (χ0v) is 21.4. The van der Waals surface area contributed by atoms with Crippen molar-refractivity contribution < 1.29 is 27.8 Å². The summed E-state index contributed by atoms with van der Waals surface area (Å²) in [7, 11) is -1.11. The minimum Gasteiger partial charge on any atom is -0.497 e. The van der Waals surface area contributed by atoms with Gasteiger partial charge in [-0.25, -0.2) is 18.4 Å². The van der Waals surface area contributed by atoms with E-state index in [-0.39, 0.29) is 22.2 Å². The first-order valence-electron chi connectivity index (χ1n) is 11.6. The van der Waals surface area contributed by atoms with Crippen LogP contribution in [0.1, 0.15) is 12.8 Å². The van der Waals surface area contributed by atoms with E-state index in [4.69, 9.17) is 9.47 Å². The Hall–Kier alpha value is -4.42. The molecular formula is C26H25N5O6S. The number of benzene rings is 3. The minimum atomic E-state index is -4.16. The molecule has 11 nitrogen and oxygen atoms in total. The molecule has 196 valence electrons. The number of methoxy groups -OCH3 is 2. The number of sulfonamides is 1. The van der Waals surface area contributed by atoms with Gasteiger partial charge in [0.15, 0.2) is 11.6 Å². The van der Waals surface area contributed by atoms with E-state index in [1.807, 2.05) is 0 Å². The van der Waals surface area contributed by atoms with Crippen molar-refractivity contribution >= 4 is 50.0 Å². The monoisotopic (exact) mass is 535 g/mol. The summed E-state index contributed by atoms with van der Waals surface area (Å²) in [6.07, 6.45) is 0.738. The number of amides is 1. The summed E-state index contributed by atoms with van der Waals surface area (Å²) in [5.74, 6) is 0.603. The molecule has 3 aromatic carbocycles. The highest BCUT2D eigenvalue weighted by Gasteiger charge is 2.48. The molecule has 4 N–H and O–H groups in total. The molecule has 38 heavy (non-hydrogen) atoms. The second kappa shape index (κ2) is 9.80. The number of anilines is 4. The van der Waals surface area contributed by atoms with Crippen LogP contribution in [0.2, 0.25) is 0 Å². The molecule has 1 fully saturated rings. The van der Waals surface area contributed by atoms with Crippen molar-refractivity contribution in [3.05, 3.63) is 66.7 Å². The Morgan fingerprint density at radius 1 is 0.868 bits per heavy atom. The Morgan fingerprint density at radius 3 is 2.11 bits per heavy atom. The van der Waals surface area contributed by atoms with Gasteiger partial charge in [0.1, 0.15) is 17.1 Å². The molecular weight excluding hydrogens is 510 g/mol. The normalized spacial score (nSPS) is 14.0. The maximum absolute atomic E-state index is 13.4. The molecule has 1 saturated carbocycles. The van der Waals surface area contributed by atoms with Crippen molar-refractivity contribution in [1.29, 1.82) is 0 Å². The van der Waals surface area contributed by atoms with Crippen molar-refractivity contribution in [2.45, 2.75) is 23.3 Å². The molecule has 5 rings (SSSR count). The van der Waals surface area contributed by atoms with Crippen LogP contribution < -0.4 is 24.8 Å². The van der Waals surface area contributed by atoms with E-state index in [0.29, 0.717) is 41.1 Å². The van der Waals surface area contributed by atoms with Gasteiger partial charge in [-0.15, -0.1) is 0 Å². The number of para-hydroxylation sites is 2. The Balaban J connectivity index is 1.49. The van der Waals surface area contributed by atoms with Gasteiger partial charge in [-0.1, -0.05) is 18.2 Å². The van der Waals surface area contributed by atoms with Crippen LogP contribution in [-0.4, -0.2) is 49.2 Å². The maximum atomic E-state index is 13.4. The first-order chi connectivity index (χ1) is 18.2. The molecule has 0 spiro atoms. The van der Waals surface area contributed by atoms with E-state index in [1.54, 1.807) is 48.5 Å². The van der Waals surface area contributed by atoms with Crippen LogP contribution in [0.3, 0.4) is 0 Å². The van der Waals surface area contributed by atoms with Gasteiger partial charge in [-0.05, 0) is 43.2 Å². The SMILES string of the molecule is COc1cc(Nc2nc3ccccc3nc2NS(=O)(=O)c2cccc(NC(=O)C3(O)CC3)c2)cc(OC)c1.